The Morgan fingerprint density at radius 1 is 1.27 bits per heavy atom. The average Bonchev–Trinajstić information content (AvgIpc) is 2.09. The fraction of sp³-hybridized carbons (Fsp3) is 0.111. The van der Waals surface area contributed by atoms with Crippen LogP contribution in [-0.2, 0) is 4.79 Å². The van der Waals surface area contributed by atoms with Crippen molar-refractivity contribution in [3.05, 3.63) is 27.7 Å². The third-order valence-electron chi connectivity index (χ3n) is 1.51. The maximum Gasteiger partial charge on any atom is 0.339 e. The summed E-state index contributed by atoms with van der Waals surface area (Å²) < 4.78 is 4.68. The Morgan fingerprint density at radius 2 is 1.80 bits per heavy atom. The van der Waals surface area contributed by atoms with Gasteiger partial charge >= 0.3 is 11.9 Å². The first-order valence-corrected chi connectivity index (χ1v) is 4.58. The molecular formula is C9H6Cl2O4. The topological polar surface area (TPSA) is 63.6 Å². The first-order valence-electron chi connectivity index (χ1n) is 3.82. The van der Waals surface area contributed by atoms with E-state index in [-0.39, 0.29) is 21.4 Å². The van der Waals surface area contributed by atoms with E-state index in [4.69, 9.17) is 28.3 Å². The van der Waals surface area contributed by atoms with Gasteiger partial charge in [-0.15, -0.1) is 0 Å². The lowest BCUT2D eigenvalue weighted by Gasteiger charge is -2.06. The standard InChI is InChI=1S/C9H6Cl2O4/c1-4(12)15-8-3-7(11)6(10)2-5(8)9(13)14/h2-3H,1H3,(H,13,14). The highest BCUT2D eigenvalue weighted by Gasteiger charge is 2.15. The Morgan fingerprint density at radius 3 is 2.27 bits per heavy atom. The zero-order valence-corrected chi connectivity index (χ0v) is 9.09. The van der Waals surface area contributed by atoms with Crippen molar-refractivity contribution in [2.45, 2.75) is 6.92 Å². The van der Waals surface area contributed by atoms with Gasteiger partial charge in [0.1, 0.15) is 11.3 Å². The normalized spacial score (nSPS) is 9.80. The van der Waals surface area contributed by atoms with Gasteiger partial charge in [-0.1, -0.05) is 23.2 Å². The Bertz CT molecular complexity index is 428. The number of carbonyl (C=O) groups excluding carboxylic acids is 1. The summed E-state index contributed by atoms with van der Waals surface area (Å²) in [5.41, 5.74) is -0.209. The summed E-state index contributed by atoms with van der Waals surface area (Å²) in [6.07, 6.45) is 0. The van der Waals surface area contributed by atoms with Crippen molar-refractivity contribution >= 4 is 35.1 Å². The van der Waals surface area contributed by atoms with Crippen LogP contribution in [-0.4, -0.2) is 17.0 Å². The molecule has 0 atom stereocenters. The number of rotatable bonds is 2. The first kappa shape index (κ1) is 11.8. The Kier molecular flexibility index (Phi) is 3.55. The van der Waals surface area contributed by atoms with E-state index >= 15 is 0 Å². The monoisotopic (exact) mass is 248 g/mol. The zero-order chi connectivity index (χ0) is 11.6. The van der Waals surface area contributed by atoms with E-state index < -0.39 is 11.9 Å². The maximum absolute atomic E-state index is 10.8. The summed E-state index contributed by atoms with van der Waals surface area (Å²) in [5.74, 6) is -2.00. The van der Waals surface area contributed by atoms with Crippen molar-refractivity contribution < 1.29 is 19.4 Å². The van der Waals surface area contributed by atoms with Crippen LogP contribution in [0.5, 0.6) is 5.75 Å². The fourth-order valence-corrected chi connectivity index (χ4v) is 1.25. The number of hydrogen-bond donors (Lipinski definition) is 1. The number of benzene rings is 1. The first-order chi connectivity index (χ1) is 6.91. The van der Waals surface area contributed by atoms with Crippen molar-refractivity contribution in [2.24, 2.45) is 0 Å². The van der Waals surface area contributed by atoms with Gasteiger partial charge in [0.2, 0.25) is 0 Å². The molecule has 1 aromatic carbocycles. The van der Waals surface area contributed by atoms with Crippen molar-refractivity contribution in [1.82, 2.24) is 0 Å². The third kappa shape index (κ3) is 2.84. The number of carbonyl (C=O) groups is 2. The van der Waals surface area contributed by atoms with Crippen molar-refractivity contribution in [3.63, 3.8) is 0 Å². The van der Waals surface area contributed by atoms with Gasteiger partial charge < -0.3 is 9.84 Å². The number of ether oxygens (including phenoxy) is 1. The van der Waals surface area contributed by atoms with Gasteiger partial charge in [0.25, 0.3) is 0 Å². The summed E-state index contributed by atoms with van der Waals surface area (Å²) in [7, 11) is 0. The van der Waals surface area contributed by atoms with E-state index in [0.29, 0.717) is 0 Å². The molecule has 0 saturated heterocycles. The quantitative estimate of drug-likeness (QED) is 0.646. The third-order valence-corrected chi connectivity index (χ3v) is 2.23. The van der Waals surface area contributed by atoms with E-state index in [1.54, 1.807) is 0 Å². The molecule has 0 aromatic heterocycles. The Labute approximate surface area is 95.4 Å². The van der Waals surface area contributed by atoms with Crippen molar-refractivity contribution in [2.75, 3.05) is 0 Å². The molecule has 0 aliphatic rings. The number of carboxylic acid groups (broad SMARTS) is 1. The van der Waals surface area contributed by atoms with E-state index in [9.17, 15) is 9.59 Å². The van der Waals surface area contributed by atoms with Gasteiger partial charge in [0.15, 0.2) is 0 Å². The minimum Gasteiger partial charge on any atom is -0.478 e. The van der Waals surface area contributed by atoms with Crippen LogP contribution in [0, 0.1) is 0 Å². The van der Waals surface area contributed by atoms with Gasteiger partial charge in [-0.25, -0.2) is 4.79 Å². The van der Waals surface area contributed by atoms with Crippen LogP contribution < -0.4 is 4.74 Å². The molecule has 0 heterocycles. The molecule has 0 saturated carbocycles. The van der Waals surface area contributed by atoms with Gasteiger partial charge in [0, 0.05) is 13.0 Å². The molecule has 0 aliphatic carbocycles. The molecule has 15 heavy (non-hydrogen) atoms. The number of halogens is 2. The lowest BCUT2D eigenvalue weighted by atomic mass is 10.2. The molecule has 1 rings (SSSR count). The molecule has 0 amide bonds. The largest absolute Gasteiger partial charge is 0.478 e. The molecule has 6 heteroatoms. The van der Waals surface area contributed by atoms with Crippen molar-refractivity contribution in [3.8, 4) is 5.75 Å². The highest BCUT2D eigenvalue weighted by Crippen LogP contribution is 2.30. The number of esters is 1. The summed E-state index contributed by atoms with van der Waals surface area (Å²) in [6.45, 7) is 1.16. The van der Waals surface area contributed by atoms with Crippen LogP contribution in [0.3, 0.4) is 0 Å². The molecule has 4 nitrogen and oxygen atoms in total. The summed E-state index contributed by atoms with van der Waals surface area (Å²) in [4.78, 5) is 21.5. The second-order valence-electron chi connectivity index (χ2n) is 2.66. The minimum absolute atomic E-state index is 0.0879. The van der Waals surface area contributed by atoms with E-state index in [2.05, 4.69) is 4.74 Å². The molecule has 0 fully saturated rings. The van der Waals surface area contributed by atoms with Crippen LogP contribution in [0.2, 0.25) is 10.0 Å². The van der Waals surface area contributed by atoms with Gasteiger partial charge in [-0.05, 0) is 6.07 Å². The van der Waals surface area contributed by atoms with Crippen LogP contribution in [0.25, 0.3) is 0 Å². The molecule has 0 spiro atoms. The van der Waals surface area contributed by atoms with Gasteiger partial charge in [-0.2, -0.15) is 0 Å². The number of aromatic carboxylic acids is 1. The second kappa shape index (κ2) is 4.51. The van der Waals surface area contributed by atoms with E-state index in [0.717, 1.165) is 13.0 Å². The minimum atomic E-state index is -1.25. The van der Waals surface area contributed by atoms with Crippen LogP contribution in [0.4, 0.5) is 0 Å². The van der Waals surface area contributed by atoms with Crippen LogP contribution in [0.1, 0.15) is 17.3 Å². The molecule has 1 aromatic rings. The summed E-state index contributed by atoms with van der Waals surface area (Å²) >= 11 is 11.3. The van der Waals surface area contributed by atoms with E-state index in [1.807, 2.05) is 0 Å². The molecule has 0 radical (unpaired) electrons. The van der Waals surface area contributed by atoms with Gasteiger partial charge in [0.05, 0.1) is 10.0 Å². The predicted molar refractivity (Wildman–Crippen MR) is 54.7 cm³/mol. The van der Waals surface area contributed by atoms with Crippen LogP contribution in [0.15, 0.2) is 12.1 Å². The maximum atomic E-state index is 10.8. The second-order valence-corrected chi connectivity index (χ2v) is 3.48. The smallest absolute Gasteiger partial charge is 0.339 e. The average molecular weight is 249 g/mol. The lowest BCUT2D eigenvalue weighted by Crippen LogP contribution is -2.07. The molecule has 0 aliphatic heterocycles. The Hall–Kier alpha value is -1.26. The molecule has 0 unspecified atom stereocenters. The highest BCUT2D eigenvalue weighted by atomic mass is 35.5. The summed E-state index contributed by atoms with van der Waals surface area (Å²) in [6, 6.07) is 2.32. The lowest BCUT2D eigenvalue weighted by molar-refractivity contribution is -0.131. The van der Waals surface area contributed by atoms with E-state index in [1.165, 1.54) is 6.07 Å². The van der Waals surface area contributed by atoms with Crippen molar-refractivity contribution in [1.29, 1.82) is 0 Å². The summed E-state index contributed by atoms with van der Waals surface area (Å²) in [5, 5.41) is 9.01. The Balaban J connectivity index is 3.28. The fourth-order valence-electron chi connectivity index (χ4n) is 0.935. The molecule has 1 N–H and O–H groups in total. The molecule has 80 valence electrons. The highest BCUT2D eigenvalue weighted by molar-refractivity contribution is 6.42. The number of hydrogen-bond acceptors (Lipinski definition) is 3. The van der Waals surface area contributed by atoms with Gasteiger partial charge in [-0.3, -0.25) is 4.79 Å². The number of carboxylic acids is 1. The SMILES string of the molecule is CC(=O)Oc1cc(Cl)c(Cl)cc1C(=O)O. The predicted octanol–water partition coefficient (Wildman–Crippen LogP) is 2.62. The molecule has 0 bridgehead atoms. The molecular weight excluding hydrogens is 243 g/mol. The van der Waals surface area contributed by atoms with Crippen LogP contribution >= 0.6 is 23.2 Å². The zero-order valence-electron chi connectivity index (χ0n) is 7.58.